The van der Waals surface area contributed by atoms with E-state index in [-0.39, 0.29) is 0 Å². The summed E-state index contributed by atoms with van der Waals surface area (Å²) in [5.41, 5.74) is 3.36. The fourth-order valence-corrected chi connectivity index (χ4v) is 5.15. The van der Waals surface area contributed by atoms with Crippen LogP contribution < -0.4 is 5.32 Å². The molecule has 1 aromatic rings. The summed E-state index contributed by atoms with van der Waals surface area (Å²) in [6.45, 7) is 10.5. The minimum Gasteiger partial charge on any atom is -0.312 e. The topological polar surface area (TPSA) is 12.0 Å². The van der Waals surface area contributed by atoms with Crippen molar-refractivity contribution in [1.82, 2.24) is 5.32 Å². The Labute approximate surface area is 135 Å². The van der Waals surface area contributed by atoms with Crippen LogP contribution in [0.3, 0.4) is 0 Å². The zero-order valence-corrected chi connectivity index (χ0v) is 14.9. The maximum Gasteiger partial charge on any atom is 0.0237 e. The van der Waals surface area contributed by atoms with Crippen molar-refractivity contribution in [3.63, 3.8) is 0 Å². The van der Waals surface area contributed by atoms with Gasteiger partial charge in [-0.05, 0) is 49.3 Å². The fourth-order valence-electron chi connectivity index (χ4n) is 3.44. The van der Waals surface area contributed by atoms with Crippen molar-refractivity contribution in [2.75, 3.05) is 6.54 Å². The lowest BCUT2D eigenvalue weighted by Gasteiger charge is -2.44. The molecule has 0 spiro atoms. The van der Waals surface area contributed by atoms with Crippen LogP contribution in [0.25, 0.3) is 0 Å². The number of hydrogen-bond acceptors (Lipinski definition) is 2. The lowest BCUT2D eigenvalue weighted by atomic mass is 9.73. The van der Waals surface area contributed by atoms with Gasteiger partial charge >= 0.3 is 0 Å². The van der Waals surface area contributed by atoms with E-state index in [1.165, 1.54) is 36.8 Å². The van der Waals surface area contributed by atoms with Gasteiger partial charge < -0.3 is 5.32 Å². The maximum absolute atomic E-state index is 3.84. The summed E-state index contributed by atoms with van der Waals surface area (Å²) in [4.78, 5) is 0. The lowest BCUT2D eigenvalue weighted by Crippen LogP contribution is -2.51. The van der Waals surface area contributed by atoms with Crippen LogP contribution in [0.1, 0.15) is 57.6 Å². The number of nitrogens with one attached hydrogen (secondary N) is 1. The van der Waals surface area contributed by atoms with Gasteiger partial charge in [-0.25, -0.2) is 0 Å². The van der Waals surface area contributed by atoms with Crippen LogP contribution in [-0.2, 0) is 5.75 Å². The van der Waals surface area contributed by atoms with Crippen LogP contribution >= 0.6 is 11.8 Å². The molecule has 1 aliphatic carbocycles. The second kappa shape index (κ2) is 7.69. The minimum atomic E-state index is 0.427. The largest absolute Gasteiger partial charge is 0.312 e. The van der Waals surface area contributed by atoms with Gasteiger partial charge in [-0.15, -0.1) is 0 Å². The first-order valence-corrected chi connectivity index (χ1v) is 9.49. The quantitative estimate of drug-likeness (QED) is 0.777. The van der Waals surface area contributed by atoms with E-state index < -0.39 is 0 Å². The van der Waals surface area contributed by atoms with Gasteiger partial charge in [0.15, 0.2) is 0 Å². The molecule has 1 aromatic carbocycles. The van der Waals surface area contributed by atoms with Gasteiger partial charge in [0.25, 0.3) is 0 Å². The SMILES string of the molecule is CCCNC1C(SCc2ccccc2C)CCCC1(C)C. The van der Waals surface area contributed by atoms with E-state index >= 15 is 0 Å². The van der Waals surface area contributed by atoms with Crippen molar-refractivity contribution in [2.45, 2.75) is 70.4 Å². The zero-order chi connectivity index (χ0) is 15.3. The van der Waals surface area contributed by atoms with E-state index in [0.717, 1.165) is 17.5 Å². The smallest absolute Gasteiger partial charge is 0.0237 e. The molecule has 0 heterocycles. The molecule has 1 nitrogen and oxygen atoms in total. The van der Waals surface area contributed by atoms with Crippen LogP contribution in [0.15, 0.2) is 24.3 Å². The molecule has 118 valence electrons. The number of hydrogen-bond donors (Lipinski definition) is 1. The van der Waals surface area contributed by atoms with Crippen LogP contribution in [0.4, 0.5) is 0 Å². The van der Waals surface area contributed by atoms with Gasteiger partial charge in [0, 0.05) is 17.0 Å². The van der Waals surface area contributed by atoms with Gasteiger partial charge in [0.2, 0.25) is 0 Å². The first kappa shape index (κ1) is 16.9. The number of thioether (sulfide) groups is 1. The first-order chi connectivity index (χ1) is 10.0. The highest BCUT2D eigenvalue weighted by Crippen LogP contribution is 2.41. The van der Waals surface area contributed by atoms with Gasteiger partial charge in [-0.2, -0.15) is 11.8 Å². The molecule has 0 amide bonds. The van der Waals surface area contributed by atoms with E-state index in [0.29, 0.717) is 11.5 Å². The van der Waals surface area contributed by atoms with Gasteiger partial charge in [-0.3, -0.25) is 0 Å². The molecule has 2 unspecified atom stereocenters. The third-order valence-electron chi connectivity index (χ3n) is 4.85. The zero-order valence-electron chi connectivity index (χ0n) is 14.1. The fraction of sp³-hybridized carbons (Fsp3) is 0.684. The monoisotopic (exact) mass is 305 g/mol. The normalized spacial score (nSPS) is 25.0. The third kappa shape index (κ3) is 4.50. The molecule has 2 atom stereocenters. The Morgan fingerprint density at radius 3 is 2.76 bits per heavy atom. The molecule has 0 bridgehead atoms. The van der Waals surface area contributed by atoms with Crippen LogP contribution in [0.5, 0.6) is 0 Å². The number of aryl methyl sites for hydroxylation is 1. The van der Waals surface area contributed by atoms with E-state index in [2.05, 4.69) is 69.0 Å². The van der Waals surface area contributed by atoms with Crippen molar-refractivity contribution >= 4 is 11.8 Å². The second-order valence-corrected chi connectivity index (χ2v) is 8.32. The molecule has 0 aliphatic heterocycles. The Bertz CT molecular complexity index is 441. The van der Waals surface area contributed by atoms with E-state index in [1.54, 1.807) is 0 Å². The summed E-state index contributed by atoms with van der Waals surface area (Å²) >= 11 is 2.16. The van der Waals surface area contributed by atoms with Crippen molar-refractivity contribution in [1.29, 1.82) is 0 Å². The summed E-state index contributed by atoms with van der Waals surface area (Å²) in [5, 5.41) is 4.59. The van der Waals surface area contributed by atoms with Crippen LogP contribution in [-0.4, -0.2) is 17.8 Å². The predicted octanol–water partition coefficient (Wildman–Crippen LogP) is 5.18. The Kier molecular flexibility index (Phi) is 6.19. The highest BCUT2D eigenvalue weighted by molar-refractivity contribution is 7.99. The lowest BCUT2D eigenvalue weighted by molar-refractivity contribution is 0.175. The Morgan fingerprint density at radius 1 is 1.29 bits per heavy atom. The molecule has 1 aliphatic rings. The average molecular weight is 306 g/mol. The Morgan fingerprint density at radius 2 is 2.05 bits per heavy atom. The van der Waals surface area contributed by atoms with E-state index in [1.807, 2.05) is 0 Å². The maximum atomic E-state index is 3.84. The molecule has 0 aromatic heterocycles. The van der Waals surface area contributed by atoms with Gasteiger partial charge in [0.1, 0.15) is 0 Å². The number of rotatable bonds is 6. The molecule has 1 saturated carbocycles. The van der Waals surface area contributed by atoms with E-state index in [9.17, 15) is 0 Å². The summed E-state index contributed by atoms with van der Waals surface area (Å²) in [6, 6.07) is 9.47. The van der Waals surface area contributed by atoms with Gasteiger partial charge in [0.05, 0.1) is 0 Å². The molecular weight excluding hydrogens is 274 g/mol. The molecule has 0 saturated heterocycles. The molecule has 1 N–H and O–H groups in total. The minimum absolute atomic E-state index is 0.427. The second-order valence-electron chi connectivity index (χ2n) is 7.09. The van der Waals surface area contributed by atoms with Crippen LogP contribution in [0.2, 0.25) is 0 Å². The van der Waals surface area contributed by atoms with Crippen molar-refractivity contribution in [3.8, 4) is 0 Å². The van der Waals surface area contributed by atoms with Crippen molar-refractivity contribution in [2.24, 2.45) is 5.41 Å². The number of benzene rings is 1. The Balaban J connectivity index is 2.00. The molecule has 2 rings (SSSR count). The molecule has 1 fully saturated rings. The summed E-state index contributed by atoms with van der Waals surface area (Å²) in [5.74, 6) is 1.15. The highest BCUT2D eigenvalue weighted by Gasteiger charge is 2.38. The van der Waals surface area contributed by atoms with Crippen LogP contribution in [0, 0.1) is 12.3 Å². The summed E-state index contributed by atoms with van der Waals surface area (Å²) in [6.07, 6.45) is 5.32. The Hall–Kier alpha value is -0.470. The average Bonchev–Trinajstić information content (AvgIpc) is 2.45. The standard InChI is InChI=1S/C19H31NS/c1-5-13-20-18-17(11-8-12-19(18,3)4)21-14-16-10-7-6-9-15(16)2/h6-7,9-10,17-18,20H,5,8,11-14H2,1-4H3. The van der Waals surface area contributed by atoms with Gasteiger partial charge in [-0.1, -0.05) is 51.5 Å². The van der Waals surface area contributed by atoms with Crippen molar-refractivity contribution < 1.29 is 0 Å². The first-order valence-electron chi connectivity index (χ1n) is 8.44. The predicted molar refractivity (Wildman–Crippen MR) is 96.0 cm³/mol. The molecular formula is C19H31NS. The summed E-state index contributed by atoms with van der Waals surface area (Å²) in [7, 11) is 0. The third-order valence-corrected chi connectivity index (χ3v) is 6.27. The van der Waals surface area contributed by atoms with E-state index in [4.69, 9.17) is 0 Å². The highest BCUT2D eigenvalue weighted by atomic mass is 32.2. The molecule has 2 heteroatoms. The molecule has 0 radical (unpaired) electrons. The summed E-state index contributed by atoms with van der Waals surface area (Å²) < 4.78 is 0. The van der Waals surface area contributed by atoms with Crippen molar-refractivity contribution in [3.05, 3.63) is 35.4 Å². The molecule has 21 heavy (non-hydrogen) atoms.